The molecule has 0 fully saturated rings. The van der Waals surface area contributed by atoms with Gasteiger partial charge in [-0.3, -0.25) is 24.2 Å². The Bertz CT molecular complexity index is 1330. The fraction of sp³-hybridized carbons (Fsp3) is 0.227. The van der Waals surface area contributed by atoms with Crippen LogP contribution < -0.4 is 5.56 Å². The number of aryl methyl sites for hydroxylation is 2. The number of thioether (sulfide) groups is 1. The Hall–Kier alpha value is -3.17. The van der Waals surface area contributed by atoms with E-state index in [0.29, 0.717) is 46.3 Å². The number of fused-ring (bicyclic) bond motifs is 1. The van der Waals surface area contributed by atoms with Crippen LogP contribution in [0, 0.1) is 17.0 Å². The highest BCUT2D eigenvalue weighted by molar-refractivity contribution is 7.98. The number of benzene rings is 2. The van der Waals surface area contributed by atoms with E-state index in [-0.39, 0.29) is 11.2 Å². The van der Waals surface area contributed by atoms with E-state index >= 15 is 0 Å². The van der Waals surface area contributed by atoms with Gasteiger partial charge in [-0.25, -0.2) is 4.98 Å². The van der Waals surface area contributed by atoms with Gasteiger partial charge in [0, 0.05) is 37.2 Å². The number of rotatable bonds is 8. The first-order valence-electron chi connectivity index (χ1n) is 9.97. The second-order valence-corrected chi connectivity index (χ2v) is 8.61. The van der Waals surface area contributed by atoms with E-state index in [0.717, 1.165) is 11.3 Å². The van der Waals surface area contributed by atoms with Gasteiger partial charge in [0.2, 0.25) is 0 Å². The molecule has 10 heteroatoms. The lowest BCUT2D eigenvalue weighted by atomic mass is 10.2. The molecule has 2 aromatic carbocycles. The van der Waals surface area contributed by atoms with E-state index in [4.69, 9.17) is 16.6 Å². The van der Waals surface area contributed by atoms with E-state index in [9.17, 15) is 14.9 Å². The number of hydrogen-bond acceptors (Lipinski definition) is 6. The summed E-state index contributed by atoms with van der Waals surface area (Å²) >= 11 is 7.47. The Labute approximate surface area is 193 Å². The summed E-state index contributed by atoms with van der Waals surface area (Å²) in [6, 6.07) is 13.7. The Morgan fingerprint density at radius 3 is 2.72 bits per heavy atom. The van der Waals surface area contributed by atoms with E-state index in [1.165, 1.54) is 17.8 Å². The summed E-state index contributed by atoms with van der Waals surface area (Å²) in [7, 11) is 0. The van der Waals surface area contributed by atoms with Gasteiger partial charge in [0.25, 0.3) is 11.2 Å². The number of non-ortho nitro benzene ring substituents is 1. The molecule has 0 aliphatic heterocycles. The first-order valence-corrected chi connectivity index (χ1v) is 11.3. The number of nitro groups is 1. The minimum atomic E-state index is -0.415. The molecule has 0 atom stereocenters. The van der Waals surface area contributed by atoms with Crippen LogP contribution in [0.1, 0.15) is 17.7 Å². The van der Waals surface area contributed by atoms with Crippen LogP contribution >= 0.6 is 23.4 Å². The standard InChI is InChI=1S/C22H20ClN5O3S/c1-15-19(23)13-26(25-15)10-5-11-27-21(29)18-8-2-3-9-20(18)24-22(27)32-14-16-6-4-7-17(12-16)28(30)31/h2-4,6-9,12-13H,5,10-11,14H2,1H3. The van der Waals surface area contributed by atoms with Crippen molar-refractivity contribution in [3.05, 3.63) is 91.5 Å². The van der Waals surface area contributed by atoms with Crippen LogP contribution in [0.15, 0.2) is 64.7 Å². The first-order chi connectivity index (χ1) is 15.4. The van der Waals surface area contributed by atoms with Gasteiger partial charge < -0.3 is 0 Å². The van der Waals surface area contributed by atoms with Crippen molar-refractivity contribution in [2.24, 2.45) is 0 Å². The predicted octanol–water partition coefficient (Wildman–Crippen LogP) is 4.85. The average molecular weight is 470 g/mol. The largest absolute Gasteiger partial charge is 0.287 e. The molecule has 2 heterocycles. The van der Waals surface area contributed by atoms with Crippen molar-refractivity contribution in [2.75, 3.05) is 0 Å². The van der Waals surface area contributed by atoms with Crippen molar-refractivity contribution in [3.63, 3.8) is 0 Å². The summed E-state index contributed by atoms with van der Waals surface area (Å²) in [5, 5.41) is 17.2. The molecule has 0 unspecified atom stereocenters. The minimum Gasteiger partial charge on any atom is -0.287 e. The third-order valence-electron chi connectivity index (χ3n) is 4.97. The summed E-state index contributed by atoms with van der Waals surface area (Å²) in [6.07, 6.45) is 2.44. The van der Waals surface area contributed by atoms with E-state index in [1.807, 2.05) is 31.2 Å². The fourth-order valence-corrected chi connectivity index (χ4v) is 4.48. The summed E-state index contributed by atoms with van der Waals surface area (Å²) in [5.74, 6) is 0.459. The Balaban J connectivity index is 1.59. The molecule has 0 saturated heterocycles. The average Bonchev–Trinajstić information content (AvgIpc) is 3.11. The SMILES string of the molecule is Cc1nn(CCCn2c(SCc3cccc([N+](=O)[O-])c3)nc3ccccc3c2=O)cc1Cl. The molecule has 0 bridgehead atoms. The number of para-hydroxylation sites is 1. The number of halogens is 1. The first kappa shape index (κ1) is 22.0. The van der Waals surface area contributed by atoms with E-state index in [2.05, 4.69) is 5.10 Å². The number of aromatic nitrogens is 4. The molecule has 164 valence electrons. The Kier molecular flexibility index (Phi) is 6.57. The highest BCUT2D eigenvalue weighted by Gasteiger charge is 2.13. The quantitative estimate of drug-likeness (QED) is 0.158. The lowest BCUT2D eigenvalue weighted by molar-refractivity contribution is -0.384. The summed E-state index contributed by atoms with van der Waals surface area (Å²) in [4.78, 5) is 28.5. The van der Waals surface area contributed by atoms with Gasteiger partial charge >= 0.3 is 0 Å². The molecule has 0 amide bonds. The molecular formula is C22H20ClN5O3S. The number of hydrogen-bond donors (Lipinski definition) is 0. The molecule has 0 aliphatic carbocycles. The Morgan fingerprint density at radius 2 is 1.97 bits per heavy atom. The maximum Gasteiger partial charge on any atom is 0.269 e. The second kappa shape index (κ2) is 9.54. The molecule has 2 aromatic heterocycles. The van der Waals surface area contributed by atoms with Crippen LogP contribution in [-0.4, -0.2) is 24.3 Å². The number of nitrogens with zero attached hydrogens (tertiary/aromatic N) is 5. The summed E-state index contributed by atoms with van der Waals surface area (Å²) in [6.45, 7) is 2.92. The molecule has 0 N–H and O–H groups in total. The summed E-state index contributed by atoms with van der Waals surface area (Å²) < 4.78 is 3.44. The normalized spacial score (nSPS) is 11.2. The molecule has 4 rings (SSSR count). The summed E-state index contributed by atoms with van der Waals surface area (Å²) in [5.41, 5.74) is 2.13. The van der Waals surface area contributed by atoms with Gasteiger partial charge in [0.05, 0.1) is 26.5 Å². The highest BCUT2D eigenvalue weighted by atomic mass is 35.5. The number of nitro benzene ring substituents is 1. The topological polar surface area (TPSA) is 95.8 Å². The maximum atomic E-state index is 13.2. The van der Waals surface area contributed by atoms with Crippen molar-refractivity contribution in [1.82, 2.24) is 19.3 Å². The van der Waals surface area contributed by atoms with Gasteiger partial charge in [-0.05, 0) is 31.0 Å². The van der Waals surface area contributed by atoms with E-state index < -0.39 is 4.92 Å². The lowest BCUT2D eigenvalue weighted by Crippen LogP contribution is -2.24. The monoisotopic (exact) mass is 469 g/mol. The van der Waals surface area contributed by atoms with Gasteiger partial charge in [-0.1, -0.05) is 47.6 Å². The van der Waals surface area contributed by atoms with Crippen LogP contribution in [0.2, 0.25) is 5.02 Å². The van der Waals surface area contributed by atoms with Crippen molar-refractivity contribution in [3.8, 4) is 0 Å². The zero-order chi connectivity index (χ0) is 22.7. The molecule has 0 aliphatic rings. The van der Waals surface area contributed by atoms with Crippen LogP contribution in [0.4, 0.5) is 5.69 Å². The van der Waals surface area contributed by atoms with E-state index in [1.54, 1.807) is 33.6 Å². The van der Waals surface area contributed by atoms with Crippen molar-refractivity contribution >= 4 is 40.0 Å². The third kappa shape index (κ3) is 4.84. The van der Waals surface area contributed by atoms with Crippen LogP contribution in [-0.2, 0) is 18.8 Å². The zero-order valence-electron chi connectivity index (χ0n) is 17.3. The predicted molar refractivity (Wildman–Crippen MR) is 125 cm³/mol. The van der Waals surface area contributed by atoms with Crippen LogP contribution in [0.25, 0.3) is 10.9 Å². The zero-order valence-corrected chi connectivity index (χ0v) is 18.8. The molecule has 32 heavy (non-hydrogen) atoms. The molecule has 0 saturated carbocycles. The van der Waals surface area contributed by atoms with Gasteiger partial charge in [-0.15, -0.1) is 0 Å². The molecule has 8 nitrogen and oxygen atoms in total. The fourth-order valence-electron chi connectivity index (χ4n) is 3.36. The molecular weight excluding hydrogens is 450 g/mol. The molecule has 4 aromatic rings. The molecule has 0 radical (unpaired) electrons. The van der Waals surface area contributed by atoms with Crippen molar-refractivity contribution < 1.29 is 4.92 Å². The highest BCUT2D eigenvalue weighted by Crippen LogP contribution is 2.24. The van der Waals surface area contributed by atoms with Gasteiger partial charge in [-0.2, -0.15) is 5.10 Å². The van der Waals surface area contributed by atoms with Crippen molar-refractivity contribution in [2.45, 2.75) is 37.3 Å². The van der Waals surface area contributed by atoms with Crippen molar-refractivity contribution in [1.29, 1.82) is 0 Å². The second-order valence-electron chi connectivity index (χ2n) is 7.26. The van der Waals surface area contributed by atoms with Crippen LogP contribution in [0.3, 0.4) is 0 Å². The Morgan fingerprint density at radius 1 is 1.16 bits per heavy atom. The van der Waals surface area contributed by atoms with Gasteiger partial charge in [0.15, 0.2) is 5.16 Å². The van der Waals surface area contributed by atoms with Gasteiger partial charge in [0.1, 0.15) is 0 Å². The minimum absolute atomic E-state index is 0.0418. The smallest absolute Gasteiger partial charge is 0.269 e. The van der Waals surface area contributed by atoms with Crippen LogP contribution in [0.5, 0.6) is 0 Å². The molecule has 0 spiro atoms. The third-order valence-corrected chi connectivity index (χ3v) is 6.39. The maximum absolute atomic E-state index is 13.2. The lowest BCUT2D eigenvalue weighted by Gasteiger charge is -2.13.